The maximum atomic E-state index is 12.2. The molecule has 6 nitrogen and oxygen atoms in total. The Morgan fingerprint density at radius 2 is 2.20 bits per heavy atom. The normalized spacial score (nSPS) is 13.6. The Morgan fingerprint density at radius 3 is 2.75 bits per heavy atom. The van der Waals surface area contributed by atoms with Crippen molar-refractivity contribution in [3.63, 3.8) is 0 Å². The van der Waals surface area contributed by atoms with Crippen LogP contribution < -0.4 is 10.5 Å². The minimum absolute atomic E-state index is 0.0456. The molecule has 0 bridgehead atoms. The van der Waals surface area contributed by atoms with Crippen molar-refractivity contribution >= 4 is 26.0 Å². The number of halogens is 1. The summed E-state index contributed by atoms with van der Waals surface area (Å²) in [7, 11) is -3.67. The summed E-state index contributed by atoms with van der Waals surface area (Å²) in [5.41, 5.74) is 5.42. The van der Waals surface area contributed by atoms with Crippen molar-refractivity contribution in [3.05, 3.63) is 40.7 Å². The van der Waals surface area contributed by atoms with Gasteiger partial charge in [-0.05, 0) is 35.0 Å². The number of nitrogens with one attached hydrogen (secondary N) is 1. The first kappa shape index (κ1) is 15.3. The fourth-order valence-corrected chi connectivity index (χ4v) is 4.02. The van der Waals surface area contributed by atoms with Gasteiger partial charge in [-0.3, -0.25) is 0 Å². The smallest absolute Gasteiger partial charge is 0.245 e. The minimum Gasteiger partial charge on any atom is -0.469 e. The molecule has 0 radical (unpaired) electrons. The lowest BCUT2D eigenvalue weighted by atomic mass is 10.2. The van der Waals surface area contributed by atoms with E-state index < -0.39 is 10.0 Å². The number of hydrogen-bond donors (Lipinski definition) is 2. The van der Waals surface area contributed by atoms with Crippen molar-refractivity contribution < 1.29 is 17.3 Å². The Kier molecular flexibility index (Phi) is 4.69. The molecule has 0 spiro atoms. The van der Waals surface area contributed by atoms with Crippen LogP contribution in [0, 0.1) is 0 Å². The van der Waals surface area contributed by atoms with Crippen molar-refractivity contribution in [1.82, 2.24) is 4.72 Å². The van der Waals surface area contributed by atoms with Gasteiger partial charge in [0.1, 0.15) is 16.4 Å². The second-order valence-corrected chi connectivity index (χ2v) is 6.76. The van der Waals surface area contributed by atoms with Gasteiger partial charge in [0.15, 0.2) is 4.67 Å². The molecule has 20 heavy (non-hydrogen) atoms. The number of hydrogen-bond acceptors (Lipinski definition) is 5. The second kappa shape index (κ2) is 6.13. The topological polar surface area (TPSA) is 98.5 Å². The molecule has 0 saturated carbocycles. The molecule has 3 N–H and O–H groups in total. The molecule has 110 valence electrons. The molecule has 0 aromatic carbocycles. The third-order valence-corrected chi connectivity index (χ3v) is 5.09. The molecule has 1 unspecified atom stereocenters. The van der Waals surface area contributed by atoms with E-state index in [0.29, 0.717) is 17.9 Å². The maximum absolute atomic E-state index is 12.2. The highest BCUT2D eigenvalue weighted by Gasteiger charge is 2.24. The van der Waals surface area contributed by atoms with E-state index in [2.05, 4.69) is 20.7 Å². The standard InChI is InChI=1S/C12H15BrN2O4S/c1-8(5-9-3-2-4-18-9)15-20(16,17)11-6-10(7-14)19-12(11)13/h2-4,6,8,15H,5,7,14H2,1H3. The summed E-state index contributed by atoms with van der Waals surface area (Å²) in [4.78, 5) is 0.0456. The van der Waals surface area contributed by atoms with Crippen LogP contribution in [0.2, 0.25) is 0 Å². The molecule has 0 amide bonds. The summed E-state index contributed by atoms with van der Waals surface area (Å²) in [6, 6.07) is 4.66. The highest BCUT2D eigenvalue weighted by atomic mass is 79.9. The maximum Gasteiger partial charge on any atom is 0.245 e. The minimum atomic E-state index is -3.67. The van der Waals surface area contributed by atoms with Crippen LogP contribution in [0.1, 0.15) is 18.4 Å². The summed E-state index contributed by atoms with van der Waals surface area (Å²) in [6.45, 7) is 1.90. The molecule has 2 rings (SSSR count). The number of furan rings is 2. The first-order valence-electron chi connectivity index (χ1n) is 5.95. The van der Waals surface area contributed by atoms with E-state index in [4.69, 9.17) is 14.6 Å². The highest BCUT2D eigenvalue weighted by molar-refractivity contribution is 9.10. The van der Waals surface area contributed by atoms with Crippen molar-refractivity contribution in [2.24, 2.45) is 5.73 Å². The third-order valence-electron chi connectivity index (χ3n) is 2.64. The zero-order chi connectivity index (χ0) is 14.8. The van der Waals surface area contributed by atoms with Gasteiger partial charge in [0.05, 0.1) is 12.8 Å². The van der Waals surface area contributed by atoms with Crippen LogP contribution in [0.15, 0.2) is 42.9 Å². The molecule has 2 aromatic rings. The van der Waals surface area contributed by atoms with E-state index in [0.717, 1.165) is 0 Å². The Morgan fingerprint density at radius 1 is 1.45 bits per heavy atom. The largest absolute Gasteiger partial charge is 0.469 e. The molecule has 0 aliphatic carbocycles. The van der Waals surface area contributed by atoms with Crippen molar-refractivity contribution in [2.75, 3.05) is 0 Å². The monoisotopic (exact) mass is 362 g/mol. The number of nitrogens with two attached hydrogens (primary N) is 1. The van der Waals surface area contributed by atoms with Gasteiger partial charge in [0.25, 0.3) is 0 Å². The Hall–Kier alpha value is -1.09. The van der Waals surface area contributed by atoms with Crippen LogP contribution >= 0.6 is 15.9 Å². The van der Waals surface area contributed by atoms with Gasteiger partial charge in [0.2, 0.25) is 10.0 Å². The van der Waals surface area contributed by atoms with Gasteiger partial charge in [-0.25, -0.2) is 13.1 Å². The van der Waals surface area contributed by atoms with Gasteiger partial charge in [-0.1, -0.05) is 0 Å². The van der Waals surface area contributed by atoms with E-state index in [9.17, 15) is 8.42 Å². The van der Waals surface area contributed by atoms with Crippen molar-refractivity contribution in [1.29, 1.82) is 0 Å². The quantitative estimate of drug-likeness (QED) is 0.818. The van der Waals surface area contributed by atoms with Gasteiger partial charge < -0.3 is 14.6 Å². The highest BCUT2D eigenvalue weighted by Crippen LogP contribution is 2.26. The SMILES string of the molecule is CC(Cc1ccco1)NS(=O)(=O)c1cc(CN)oc1Br. The molecule has 0 aliphatic heterocycles. The third kappa shape index (κ3) is 3.51. The molecule has 2 heterocycles. The molecular weight excluding hydrogens is 348 g/mol. The molecule has 0 aliphatic rings. The lowest BCUT2D eigenvalue weighted by Crippen LogP contribution is -2.34. The van der Waals surface area contributed by atoms with Crippen LogP contribution in [-0.2, 0) is 23.0 Å². The molecule has 8 heteroatoms. The number of sulfonamides is 1. The van der Waals surface area contributed by atoms with E-state index in [1.165, 1.54) is 6.07 Å². The summed E-state index contributed by atoms with van der Waals surface area (Å²) in [5.74, 6) is 1.12. The Balaban J connectivity index is 2.12. The van der Waals surface area contributed by atoms with Gasteiger partial charge >= 0.3 is 0 Å². The molecule has 1 atom stereocenters. The van der Waals surface area contributed by atoms with E-state index >= 15 is 0 Å². The average Bonchev–Trinajstić information content (AvgIpc) is 2.97. The van der Waals surface area contributed by atoms with Crippen LogP contribution in [0.4, 0.5) is 0 Å². The summed E-state index contributed by atoms with van der Waals surface area (Å²) >= 11 is 3.08. The molecule has 2 aromatic heterocycles. The van der Waals surface area contributed by atoms with Crippen molar-refractivity contribution in [2.45, 2.75) is 30.8 Å². The lowest BCUT2D eigenvalue weighted by molar-refractivity contribution is 0.475. The van der Waals surface area contributed by atoms with Gasteiger partial charge in [-0.15, -0.1) is 0 Å². The van der Waals surface area contributed by atoms with Crippen molar-refractivity contribution in [3.8, 4) is 0 Å². The average molecular weight is 363 g/mol. The summed E-state index contributed by atoms with van der Waals surface area (Å²) in [6.07, 6.45) is 2.02. The zero-order valence-corrected chi connectivity index (χ0v) is 13.2. The Labute approximate surface area is 125 Å². The first-order chi connectivity index (χ1) is 9.42. The van der Waals surface area contributed by atoms with Crippen LogP contribution in [0.3, 0.4) is 0 Å². The molecular formula is C12H15BrN2O4S. The van der Waals surface area contributed by atoms with Crippen LogP contribution in [-0.4, -0.2) is 14.5 Å². The van der Waals surface area contributed by atoms with E-state index in [1.807, 2.05) is 0 Å². The first-order valence-corrected chi connectivity index (χ1v) is 8.23. The predicted octanol–water partition coefficient (Wildman–Crippen LogP) is 2.00. The molecule has 0 fully saturated rings. The lowest BCUT2D eigenvalue weighted by Gasteiger charge is -2.12. The van der Waals surface area contributed by atoms with E-state index in [-0.39, 0.29) is 22.2 Å². The summed E-state index contributed by atoms with van der Waals surface area (Å²) < 4.78 is 37.6. The van der Waals surface area contributed by atoms with Crippen LogP contribution in [0.25, 0.3) is 0 Å². The van der Waals surface area contributed by atoms with Gasteiger partial charge in [-0.2, -0.15) is 0 Å². The molecule has 0 saturated heterocycles. The summed E-state index contributed by atoms with van der Waals surface area (Å²) in [5, 5.41) is 0. The fraction of sp³-hybridized carbons (Fsp3) is 0.333. The zero-order valence-electron chi connectivity index (χ0n) is 10.8. The number of rotatable bonds is 6. The van der Waals surface area contributed by atoms with E-state index in [1.54, 1.807) is 25.3 Å². The predicted molar refractivity (Wildman–Crippen MR) is 76.5 cm³/mol. The fourth-order valence-electron chi connectivity index (χ4n) is 1.78. The van der Waals surface area contributed by atoms with Crippen LogP contribution in [0.5, 0.6) is 0 Å². The van der Waals surface area contributed by atoms with Gasteiger partial charge in [0, 0.05) is 18.5 Å². The second-order valence-electron chi connectivity index (χ2n) is 4.36. The Bertz CT molecular complexity index is 664.